The normalized spacial score (nSPS) is 13.7. The molecular weight excluding hydrogens is 481 g/mol. The van der Waals surface area contributed by atoms with E-state index >= 15 is 0 Å². The summed E-state index contributed by atoms with van der Waals surface area (Å²) in [5.41, 5.74) is 2.09. The molecule has 2 N–H and O–H groups in total. The number of aliphatic imine (C=N–C) groups is 1. The monoisotopic (exact) mass is 503 g/mol. The average molecular weight is 504 g/mol. The van der Waals surface area contributed by atoms with Gasteiger partial charge in [-0.2, -0.15) is 0 Å². The van der Waals surface area contributed by atoms with E-state index in [4.69, 9.17) is 25.8 Å². The number of ether oxygens (including phenoxy) is 3. The number of methoxy groups -OCH3 is 1. The maximum atomic E-state index is 6.06. The first-order valence-electron chi connectivity index (χ1n) is 8.31. The summed E-state index contributed by atoms with van der Waals surface area (Å²) in [6.07, 6.45) is -0.127. The summed E-state index contributed by atoms with van der Waals surface area (Å²) < 4.78 is 16.3. The lowest BCUT2D eigenvalue weighted by Crippen LogP contribution is -2.39. The van der Waals surface area contributed by atoms with Gasteiger partial charge in [-0.05, 0) is 35.4 Å². The van der Waals surface area contributed by atoms with Gasteiger partial charge in [0.1, 0.15) is 0 Å². The summed E-state index contributed by atoms with van der Waals surface area (Å²) in [6.45, 7) is 1.46. The molecule has 3 rings (SSSR count). The second-order valence-corrected chi connectivity index (χ2v) is 6.21. The molecule has 146 valence electrons. The SMILES string of the molecule is CN=C(NCc1ccc2c(c1)OCO2)NCC(OC)c1cccc(Cl)c1.I. The molecule has 0 saturated heterocycles. The summed E-state index contributed by atoms with van der Waals surface area (Å²) >= 11 is 6.06. The summed E-state index contributed by atoms with van der Waals surface area (Å²) in [5.74, 6) is 2.24. The van der Waals surface area contributed by atoms with Gasteiger partial charge in [-0.15, -0.1) is 24.0 Å². The highest BCUT2D eigenvalue weighted by Crippen LogP contribution is 2.32. The molecule has 0 radical (unpaired) electrons. The van der Waals surface area contributed by atoms with Crippen molar-refractivity contribution in [3.8, 4) is 11.5 Å². The molecule has 0 saturated carbocycles. The van der Waals surface area contributed by atoms with Crippen LogP contribution in [0.3, 0.4) is 0 Å². The lowest BCUT2D eigenvalue weighted by atomic mass is 10.1. The number of hydrogen-bond acceptors (Lipinski definition) is 4. The van der Waals surface area contributed by atoms with Gasteiger partial charge in [-0.1, -0.05) is 29.8 Å². The van der Waals surface area contributed by atoms with Gasteiger partial charge >= 0.3 is 0 Å². The van der Waals surface area contributed by atoms with Crippen molar-refractivity contribution in [1.82, 2.24) is 10.6 Å². The minimum Gasteiger partial charge on any atom is -0.454 e. The van der Waals surface area contributed by atoms with Gasteiger partial charge in [0.25, 0.3) is 0 Å². The third-order valence-corrected chi connectivity index (χ3v) is 4.32. The Hall–Kier alpha value is -1.71. The fraction of sp³-hybridized carbons (Fsp3) is 0.316. The van der Waals surface area contributed by atoms with Crippen LogP contribution in [-0.4, -0.2) is 33.5 Å². The van der Waals surface area contributed by atoms with Gasteiger partial charge in [0.15, 0.2) is 17.5 Å². The van der Waals surface area contributed by atoms with E-state index in [1.54, 1.807) is 14.2 Å². The standard InChI is InChI=1S/C19H22ClN3O3.HI/c1-21-19(22-10-13-6-7-16-17(8-13)26-12-25-16)23-11-18(24-2)14-4-3-5-15(20)9-14;/h3-9,18H,10-12H2,1-2H3,(H2,21,22,23);1H. The fourth-order valence-corrected chi connectivity index (χ4v) is 2.89. The second-order valence-electron chi connectivity index (χ2n) is 5.77. The van der Waals surface area contributed by atoms with Gasteiger partial charge in [0.2, 0.25) is 6.79 Å². The summed E-state index contributed by atoms with van der Waals surface area (Å²) in [4.78, 5) is 4.25. The number of hydrogen-bond donors (Lipinski definition) is 2. The smallest absolute Gasteiger partial charge is 0.231 e. The number of halogens is 2. The maximum absolute atomic E-state index is 6.06. The molecule has 27 heavy (non-hydrogen) atoms. The third kappa shape index (κ3) is 5.88. The first-order chi connectivity index (χ1) is 12.7. The van der Waals surface area contributed by atoms with Gasteiger partial charge in [-0.3, -0.25) is 4.99 Å². The molecule has 0 aliphatic carbocycles. The van der Waals surface area contributed by atoms with Crippen molar-refractivity contribution in [2.45, 2.75) is 12.6 Å². The minimum absolute atomic E-state index is 0. The number of nitrogens with zero attached hydrogens (tertiary/aromatic N) is 1. The van der Waals surface area contributed by atoms with Crippen LogP contribution in [0.5, 0.6) is 11.5 Å². The van der Waals surface area contributed by atoms with E-state index in [0.717, 1.165) is 22.6 Å². The van der Waals surface area contributed by atoms with Crippen LogP contribution in [0.1, 0.15) is 17.2 Å². The van der Waals surface area contributed by atoms with Crippen molar-refractivity contribution in [2.24, 2.45) is 4.99 Å². The lowest BCUT2D eigenvalue weighted by molar-refractivity contribution is 0.106. The molecule has 0 spiro atoms. The van der Waals surface area contributed by atoms with Gasteiger partial charge < -0.3 is 24.8 Å². The molecule has 0 aromatic heterocycles. The molecule has 1 unspecified atom stereocenters. The van der Waals surface area contributed by atoms with E-state index in [1.165, 1.54) is 0 Å². The van der Waals surface area contributed by atoms with Crippen LogP contribution in [0.2, 0.25) is 5.02 Å². The van der Waals surface area contributed by atoms with E-state index in [0.29, 0.717) is 24.1 Å². The Balaban J connectivity index is 0.00000261. The molecule has 0 fully saturated rings. The zero-order chi connectivity index (χ0) is 18.4. The summed E-state index contributed by atoms with van der Waals surface area (Å²) in [7, 11) is 3.41. The highest BCUT2D eigenvalue weighted by atomic mass is 127. The van der Waals surface area contributed by atoms with Crippen LogP contribution in [0.4, 0.5) is 0 Å². The van der Waals surface area contributed by atoms with Crippen LogP contribution in [0, 0.1) is 0 Å². The first-order valence-corrected chi connectivity index (χ1v) is 8.68. The highest BCUT2D eigenvalue weighted by molar-refractivity contribution is 14.0. The summed E-state index contributed by atoms with van der Waals surface area (Å²) in [6, 6.07) is 13.5. The Bertz CT molecular complexity index is 789. The second kappa shape index (κ2) is 10.6. The lowest BCUT2D eigenvalue weighted by Gasteiger charge is -2.19. The van der Waals surface area contributed by atoms with Gasteiger partial charge in [0.05, 0.1) is 6.10 Å². The molecule has 1 heterocycles. The maximum Gasteiger partial charge on any atom is 0.231 e. The molecule has 6 nitrogen and oxygen atoms in total. The number of benzene rings is 2. The number of nitrogens with one attached hydrogen (secondary N) is 2. The molecule has 8 heteroatoms. The van der Waals surface area contributed by atoms with Crippen molar-refractivity contribution in [1.29, 1.82) is 0 Å². The van der Waals surface area contributed by atoms with Crippen LogP contribution in [-0.2, 0) is 11.3 Å². The largest absolute Gasteiger partial charge is 0.454 e. The quantitative estimate of drug-likeness (QED) is 0.357. The predicted octanol–water partition coefficient (Wildman–Crippen LogP) is 3.74. The fourth-order valence-electron chi connectivity index (χ4n) is 2.69. The van der Waals surface area contributed by atoms with E-state index in [2.05, 4.69) is 15.6 Å². The average Bonchev–Trinajstić information content (AvgIpc) is 3.12. The third-order valence-electron chi connectivity index (χ3n) is 4.08. The Labute approximate surface area is 181 Å². The minimum atomic E-state index is -0.127. The molecule has 1 atom stereocenters. The predicted molar refractivity (Wildman–Crippen MR) is 117 cm³/mol. The van der Waals surface area contributed by atoms with Crippen LogP contribution in [0.25, 0.3) is 0 Å². The Morgan fingerprint density at radius 2 is 2.00 bits per heavy atom. The molecule has 1 aliphatic heterocycles. The Morgan fingerprint density at radius 1 is 1.19 bits per heavy atom. The molecule has 2 aromatic carbocycles. The van der Waals surface area contributed by atoms with Crippen molar-refractivity contribution >= 4 is 41.5 Å². The van der Waals surface area contributed by atoms with E-state index in [9.17, 15) is 0 Å². The molecule has 1 aliphatic rings. The molecule has 0 bridgehead atoms. The van der Waals surface area contributed by atoms with Crippen molar-refractivity contribution in [3.63, 3.8) is 0 Å². The van der Waals surface area contributed by atoms with Crippen molar-refractivity contribution in [3.05, 3.63) is 58.6 Å². The van der Waals surface area contributed by atoms with Gasteiger partial charge in [0, 0.05) is 32.3 Å². The highest BCUT2D eigenvalue weighted by Gasteiger charge is 2.14. The van der Waals surface area contributed by atoms with Crippen molar-refractivity contribution < 1.29 is 14.2 Å². The summed E-state index contributed by atoms with van der Waals surface area (Å²) in [5, 5.41) is 7.25. The van der Waals surface area contributed by atoms with Gasteiger partial charge in [-0.25, -0.2) is 0 Å². The Kier molecular flexibility index (Phi) is 8.46. The Morgan fingerprint density at radius 3 is 2.74 bits per heavy atom. The van der Waals surface area contributed by atoms with Crippen LogP contribution < -0.4 is 20.1 Å². The van der Waals surface area contributed by atoms with Crippen LogP contribution >= 0.6 is 35.6 Å². The molecular formula is C19H23ClIN3O3. The first kappa shape index (κ1) is 21.6. The molecule has 2 aromatic rings. The number of rotatable bonds is 6. The zero-order valence-corrected chi connectivity index (χ0v) is 18.3. The zero-order valence-electron chi connectivity index (χ0n) is 15.2. The number of guanidine groups is 1. The van der Waals surface area contributed by atoms with E-state index in [-0.39, 0.29) is 36.9 Å². The van der Waals surface area contributed by atoms with E-state index in [1.807, 2.05) is 42.5 Å². The van der Waals surface area contributed by atoms with E-state index < -0.39 is 0 Å². The number of fused-ring (bicyclic) bond motifs is 1. The molecule has 0 amide bonds. The van der Waals surface area contributed by atoms with Crippen LogP contribution in [0.15, 0.2) is 47.5 Å². The van der Waals surface area contributed by atoms with Crippen molar-refractivity contribution in [2.75, 3.05) is 27.5 Å². The topological polar surface area (TPSA) is 64.1 Å².